The van der Waals surface area contributed by atoms with E-state index in [1.165, 1.54) is 12.1 Å². The van der Waals surface area contributed by atoms with Gasteiger partial charge in [0.2, 0.25) is 9.84 Å². The van der Waals surface area contributed by atoms with Crippen molar-refractivity contribution in [2.24, 2.45) is 0 Å². The van der Waals surface area contributed by atoms with Crippen molar-refractivity contribution >= 4 is 38.2 Å². The number of anilines is 2. The molecular weight excluding hydrogens is 350 g/mol. The molecule has 6 nitrogen and oxygen atoms in total. The van der Waals surface area contributed by atoms with Crippen molar-refractivity contribution in [1.29, 1.82) is 5.26 Å². The minimum atomic E-state index is -3.45. The summed E-state index contributed by atoms with van der Waals surface area (Å²) in [6.45, 7) is 1.58. The van der Waals surface area contributed by atoms with Crippen molar-refractivity contribution < 1.29 is 13.5 Å². The van der Waals surface area contributed by atoms with Gasteiger partial charge in [0.05, 0.1) is 16.0 Å². The van der Waals surface area contributed by atoms with Gasteiger partial charge >= 0.3 is 0 Å². The third-order valence-corrected chi connectivity index (χ3v) is 6.24. The number of benzene rings is 2. The topological polar surface area (TPSA) is 103 Å². The summed E-state index contributed by atoms with van der Waals surface area (Å²) in [4.78, 5) is 4.91. The molecule has 0 spiro atoms. The van der Waals surface area contributed by atoms with E-state index in [4.69, 9.17) is 5.26 Å². The van der Waals surface area contributed by atoms with E-state index in [1.807, 2.05) is 6.07 Å². The lowest BCUT2D eigenvalue weighted by Crippen LogP contribution is -1.99. The molecule has 0 saturated heterocycles. The van der Waals surface area contributed by atoms with Crippen LogP contribution in [0.1, 0.15) is 18.1 Å². The molecule has 1 aliphatic heterocycles. The average molecular weight is 363 g/mol. The largest absolute Gasteiger partial charge is 0.507 e. The van der Waals surface area contributed by atoms with Crippen molar-refractivity contribution in [1.82, 2.24) is 4.98 Å². The second-order valence-electron chi connectivity index (χ2n) is 5.99. The van der Waals surface area contributed by atoms with Crippen LogP contribution in [0.15, 0.2) is 52.4 Å². The fourth-order valence-corrected chi connectivity index (χ4v) is 4.30. The lowest BCUT2D eigenvalue weighted by atomic mass is 10.1. The minimum Gasteiger partial charge on any atom is -0.507 e. The number of hydrogen-bond acceptors (Lipinski definition) is 6. The third-order valence-electron chi connectivity index (χ3n) is 4.34. The van der Waals surface area contributed by atoms with E-state index in [0.29, 0.717) is 32.7 Å². The fourth-order valence-electron chi connectivity index (χ4n) is 2.97. The predicted molar refractivity (Wildman–Crippen MR) is 98.7 cm³/mol. The molecule has 0 atom stereocenters. The molecule has 2 heterocycles. The van der Waals surface area contributed by atoms with Crippen LogP contribution in [0.5, 0.6) is 5.75 Å². The van der Waals surface area contributed by atoms with Gasteiger partial charge in [0.25, 0.3) is 0 Å². The monoisotopic (exact) mass is 363 g/mol. The highest BCUT2D eigenvalue weighted by Crippen LogP contribution is 2.37. The molecule has 128 valence electrons. The molecular formula is C19H13N3O3S. The summed E-state index contributed by atoms with van der Waals surface area (Å²) in [5, 5.41) is 22.5. The SMILES string of the molecule is CC1=Cc2cc3nccc(Nc4ccc(O)c(C#N)c4)c3cc2S1(=O)=O. The Bertz CT molecular complexity index is 1250. The number of rotatable bonds is 2. The van der Waals surface area contributed by atoms with Crippen LogP contribution in [0.2, 0.25) is 0 Å². The number of allylic oxidation sites excluding steroid dienone is 1. The Morgan fingerprint density at radius 2 is 2.00 bits per heavy atom. The second-order valence-corrected chi connectivity index (χ2v) is 8.08. The first kappa shape index (κ1) is 16.1. The quantitative estimate of drug-likeness (QED) is 0.673. The van der Waals surface area contributed by atoms with Gasteiger partial charge in [0.1, 0.15) is 11.8 Å². The molecule has 26 heavy (non-hydrogen) atoms. The molecule has 0 aliphatic carbocycles. The number of pyridine rings is 1. The molecule has 0 radical (unpaired) electrons. The molecule has 0 amide bonds. The molecule has 0 bridgehead atoms. The van der Waals surface area contributed by atoms with Crippen molar-refractivity contribution in [3.05, 3.63) is 58.6 Å². The number of sulfone groups is 1. The van der Waals surface area contributed by atoms with Gasteiger partial charge < -0.3 is 10.4 Å². The first-order valence-corrected chi connectivity index (χ1v) is 9.25. The van der Waals surface area contributed by atoms with E-state index in [0.717, 1.165) is 0 Å². The van der Waals surface area contributed by atoms with Crippen LogP contribution in [0.4, 0.5) is 11.4 Å². The number of hydrogen-bond donors (Lipinski definition) is 2. The Morgan fingerprint density at radius 1 is 1.19 bits per heavy atom. The maximum absolute atomic E-state index is 12.4. The number of nitriles is 1. The molecule has 1 aromatic heterocycles. The lowest BCUT2D eigenvalue weighted by molar-refractivity contribution is 0.473. The summed E-state index contributed by atoms with van der Waals surface area (Å²) in [5.41, 5.74) is 2.71. The van der Waals surface area contributed by atoms with Gasteiger partial charge in [-0.15, -0.1) is 0 Å². The minimum absolute atomic E-state index is 0.0944. The van der Waals surface area contributed by atoms with E-state index < -0.39 is 9.84 Å². The van der Waals surface area contributed by atoms with E-state index >= 15 is 0 Å². The van der Waals surface area contributed by atoms with Crippen molar-refractivity contribution in [2.45, 2.75) is 11.8 Å². The van der Waals surface area contributed by atoms with Crippen molar-refractivity contribution in [3.8, 4) is 11.8 Å². The average Bonchev–Trinajstić information content (AvgIpc) is 2.84. The first-order chi connectivity index (χ1) is 12.4. The van der Waals surface area contributed by atoms with Gasteiger partial charge in [-0.3, -0.25) is 4.98 Å². The highest BCUT2D eigenvalue weighted by atomic mass is 32.2. The maximum Gasteiger partial charge on any atom is 0.203 e. The van der Waals surface area contributed by atoms with E-state index in [2.05, 4.69) is 10.3 Å². The van der Waals surface area contributed by atoms with Gasteiger partial charge in [-0.05, 0) is 55.0 Å². The summed E-state index contributed by atoms with van der Waals surface area (Å²) in [6.07, 6.45) is 3.27. The van der Waals surface area contributed by atoms with E-state index in [-0.39, 0.29) is 16.2 Å². The van der Waals surface area contributed by atoms with Crippen LogP contribution < -0.4 is 5.32 Å². The number of aromatic nitrogens is 1. The zero-order valence-corrected chi connectivity index (χ0v) is 14.5. The van der Waals surface area contributed by atoms with Gasteiger partial charge in [-0.1, -0.05) is 0 Å². The van der Waals surface area contributed by atoms with Crippen LogP contribution in [0, 0.1) is 11.3 Å². The van der Waals surface area contributed by atoms with Gasteiger partial charge in [-0.2, -0.15) is 5.26 Å². The molecule has 7 heteroatoms. The predicted octanol–water partition coefficient (Wildman–Crippen LogP) is 3.70. The van der Waals surface area contributed by atoms with Crippen LogP contribution in [0.3, 0.4) is 0 Å². The fraction of sp³-hybridized carbons (Fsp3) is 0.0526. The molecule has 0 fully saturated rings. The Balaban J connectivity index is 1.86. The summed E-state index contributed by atoms with van der Waals surface area (Å²) < 4.78 is 24.9. The molecule has 1 aliphatic rings. The molecule has 2 aromatic carbocycles. The molecule has 2 N–H and O–H groups in total. The number of aromatic hydroxyl groups is 1. The van der Waals surface area contributed by atoms with E-state index in [9.17, 15) is 13.5 Å². The van der Waals surface area contributed by atoms with Crippen LogP contribution >= 0.6 is 0 Å². The van der Waals surface area contributed by atoms with Gasteiger partial charge in [0, 0.05) is 27.9 Å². The number of phenolic OH excluding ortho intramolecular Hbond substituents is 1. The maximum atomic E-state index is 12.4. The zero-order chi connectivity index (χ0) is 18.5. The first-order valence-electron chi connectivity index (χ1n) is 7.76. The van der Waals surface area contributed by atoms with Crippen molar-refractivity contribution in [2.75, 3.05) is 5.32 Å². The highest BCUT2D eigenvalue weighted by molar-refractivity contribution is 7.95. The Morgan fingerprint density at radius 3 is 2.77 bits per heavy atom. The van der Waals surface area contributed by atoms with Crippen LogP contribution in [0.25, 0.3) is 17.0 Å². The van der Waals surface area contributed by atoms with Crippen LogP contribution in [-0.2, 0) is 9.84 Å². The Hall–Kier alpha value is -3.37. The lowest BCUT2D eigenvalue weighted by Gasteiger charge is -2.11. The summed E-state index contributed by atoms with van der Waals surface area (Å²) in [7, 11) is -3.45. The third kappa shape index (κ3) is 2.39. The second kappa shape index (κ2) is 5.58. The molecule has 0 saturated carbocycles. The van der Waals surface area contributed by atoms with E-state index in [1.54, 1.807) is 43.5 Å². The van der Waals surface area contributed by atoms with Crippen LogP contribution in [-0.4, -0.2) is 18.5 Å². The highest BCUT2D eigenvalue weighted by Gasteiger charge is 2.27. The van der Waals surface area contributed by atoms with Gasteiger partial charge in [-0.25, -0.2) is 8.42 Å². The molecule has 3 aromatic rings. The van der Waals surface area contributed by atoms with Crippen molar-refractivity contribution in [3.63, 3.8) is 0 Å². The molecule has 4 rings (SSSR count). The molecule has 0 unspecified atom stereocenters. The number of phenols is 1. The normalized spacial score (nSPS) is 14.5. The zero-order valence-electron chi connectivity index (χ0n) is 13.7. The Labute approximate surface area is 150 Å². The Kier molecular flexibility index (Phi) is 3.46. The standard InChI is InChI=1S/C19H13N3O3S/c1-11-6-12-8-17-15(9-19(12)26(11,24)25)16(4-5-21-17)22-14-2-3-18(23)13(7-14)10-20/h2-9,23H,1H3,(H,21,22). The summed E-state index contributed by atoms with van der Waals surface area (Å²) in [5.74, 6) is -0.0944. The smallest absolute Gasteiger partial charge is 0.203 e. The summed E-state index contributed by atoms with van der Waals surface area (Å²) >= 11 is 0. The number of nitrogens with one attached hydrogen (secondary N) is 1. The number of fused-ring (bicyclic) bond motifs is 2. The van der Waals surface area contributed by atoms with Gasteiger partial charge in [0.15, 0.2) is 0 Å². The summed E-state index contributed by atoms with van der Waals surface area (Å²) in [6, 6.07) is 11.6. The number of nitrogens with zero attached hydrogens (tertiary/aromatic N) is 2.